The van der Waals surface area contributed by atoms with E-state index < -0.39 is 0 Å². The van der Waals surface area contributed by atoms with Crippen molar-refractivity contribution >= 4 is 5.91 Å². The zero-order valence-corrected chi connectivity index (χ0v) is 12.5. The van der Waals surface area contributed by atoms with Gasteiger partial charge in [0.1, 0.15) is 0 Å². The van der Waals surface area contributed by atoms with Gasteiger partial charge in [0.2, 0.25) is 0 Å². The molecule has 0 aromatic heterocycles. The number of nitrogens with one attached hydrogen (secondary N) is 1. The normalized spacial score (nSPS) is 16.3. The second kappa shape index (κ2) is 5.74. The second-order valence-electron chi connectivity index (χ2n) is 5.53. The molecule has 1 saturated heterocycles. The van der Waals surface area contributed by atoms with Crippen LogP contribution in [0.25, 0.3) is 0 Å². The number of hydrogen-bond acceptors (Lipinski definition) is 2. The molecule has 1 aliphatic heterocycles. The third-order valence-electron chi connectivity index (χ3n) is 4.21. The molecule has 1 amide bonds. The third-order valence-corrected chi connectivity index (χ3v) is 4.21. The van der Waals surface area contributed by atoms with E-state index in [0.29, 0.717) is 0 Å². The predicted molar refractivity (Wildman–Crippen MR) is 78.8 cm³/mol. The molecule has 19 heavy (non-hydrogen) atoms. The SMILES string of the molecule is Cc1cc(C)c(C)c(C(=O)N2CCCNCC2)c1C. The smallest absolute Gasteiger partial charge is 0.254 e. The summed E-state index contributed by atoms with van der Waals surface area (Å²) in [6, 6.07) is 2.17. The average Bonchev–Trinajstić information content (AvgIpc) is 2.65. The summed E-state index contributed by atoms with van der Waals surface area (Å²) in [6.07, 6.45) is 1.04. The Labute approximate surface area is 116 Å². The number of hydrogen-bond donors (Lipinski definition) is 1. The van der Waals surface area contributed by atoms with Gasteiger partial charge < -0.3 is 10.2 Å². The van der Waals surface area contributed by atoms with Crippen molar-refractivity contribution in [3.63, 3.8) is 0 Å². The van der Waals surface area contributed by atoms with Gasteiger partial charge in [0, 0.05) is 25.2 Å². The van der Waals surface area contributed by atoms with Crippen LogP contribution in [0, 0.1) is 27.7 Å². The van der Waals surface area contributed by atoms with Crippen molar-refractivity contribution in [3.05, 3.63) is 33.9 Å². The number of carbonyl (C=O) groups excluding carboxylic acids is 1. The summed E-state index contributed by atoms with van der Waals surface area (Å²) in [5, 5.41) is 3.34. The van der Waals surface area contributed by atoms with Gasteiger partial charge in [0.15, 0.2) is 0 Å². The molecule has 1 fully saturated rings. The van der Waals surface area contributed by atoms with E-state index in [-0.39, 0.29) is 5.91 Å². The maximum absolute atomic E-state index is 12.8. The Morgan fingerprint density at radius 3 is 2.32 bits per heavy atom. The van der Waals surface area contributed by atoms with Gasteiger partial charge in [-0.1, -0.05) is 6.07 Å². The number of benzene rings is 1. The molecule has 0 aliphatic carbocycles. The van der Waals surface area contributed by atoms with Crippen LogP contribution in [0.3, 0.4) is 0 Å². The second-order valence-corrected chi connectivity index (χ2v) is 5.53. The molecule has 0 atom stereocenters. The molecule has 1 aliphatic rings. The van der Waals surface area contributed by atoms with Gasteiger partial charge in [0.25, 0.3) is 5.91 Å². The fraction of sp³-hybridized carbons (Fsp3) is 0.562. The minimum absolute atomic E-state index is 0.200. The van der Waals surface area contributed by atoms with Crippen LogP contribution < -0.4 is 5.32 Å². The highest BCUT2D eigenvalue weighted by Crippen LogP contribution is 2.23. The standard InChI is InChI=1S/C16H24N2O/c1-11-10-12(2)14(4)15(13(11)3)16(19)18-8-5-6-17-7-9-18/h10,17H,5-9H2,1-4H3. The molecule has 1 aromatic carbocycles. The Morgan fingerprint density at radius 2 is 1.68 bits per heavy atom. The lowest BCUT2D eigenvalue weighted by molar-refractivity contribution is 0.0764. The summed E-state index contributed by atoms with van der Waals surface area (Å²) >= 11 is 0. The summed E-state index contributed by atoms with van der Waals surface area (Å²) in [5.41, 5.74) is 5.59. The van der Waals surface area contributed by atoms with Crippen molar-refractivity contribution in [2.45, 2.75) is 34.1 Å². The lowest BCUT2D eigenvalue weighted by atomic mass is 9.93. The molecule has 1 N–H and O–H groups in total. The van der Waals surface area contributed by atoms with Gasteiger partial charge in [-0.15, -0.1) is 0 Å². The summed E-state index contributed by atoms with van der Waals surface area (Å²) in [5.74, 6) is 0.200. The van der Waals surface area contributed by atoms with Gasteiger partial charge >= 0.3 is 0 Å². The summed E-state index contributed by atoms with van der Waals surface area (Å²) in [6.45, 7) is 11.9. The van der Waals surface area contributed by atoms with Crippen LogP contribution in [-0.4, -0.2) is 37.0 Å². The fourth-order valence-corrected chi connectivity index (χ4v) is 2.74. The molecule has 0 unspecified atom stereocenters. The predicted octanol–water partition coefficient (Wildman–Crippen LogP) is 2.36. The van der Waals surface area contributed by atoms with Gasteiger partial charge in [-0.2, -0.15) is 0 Å². The van der Waals surface area contributed by atoms with Gasteiger partial charge in [0.05, 0.1) is 0 Å². The van der Waals surface area contributed by atoms with Crippen molar-refractivity contribution < 1.29 is 4.79 Å². The first-order chi connectivity index (χ1) is 9.02. The first kappa shape index (κ1) is 14.1. The molecule has 0 bridgehead atoms. The minimum atomic E-state index is 0.200. The topological polar surface area (TPSA) is 32.3 Å². The highest BCUT2D eigenvalue weighted by molar-refractivity contribution is 5.97. The molecular formula is C16H24N2O. The maximum atomic E-state index is 12.8. The molecular weight excluding hydrogens is 236 g/mol. The van der Waals surface area contributed by atoms with Crippen molar-refractivity contribution in [1.82, 2.24) is 10.2 Å². The van der Waals surface area contributed by atoms with Gasteiger partial charge in [-0.3, -0.25) is 4.79 Å². The molecule has 1 aromatic rings. The Bertz CT molecular complexity index is 460. The number of nitrogens with zero attached hydrogens (tertiary/aromatic N) is 1. The first-order valence-electron chi connectivity index (χ1n) is 7.09. The highest BCUT2D eigenvalue weighted by Gasteiger charge is 2.22. The Morgan fingerprint density at radius 1 is 1.05 bits per heavy atom. The number of aryl methyl sites for hydroxylation is 2. The van der Waals surface area contributed by atoms with Crippen molar-refractivity contribution in [1.29, 1.82) is 0 Å². The Hall–Kier alpha value is -1.35. The molecule has 2 rings (SSSR count). The van der Waals surface area contributed by atoms with E-state index in [1.165, 1.54) is 11.1 Å². The van der Waals surface area contributed by atoms with Crippen molar-refractivity contribution in [2.24, 2.45) is 0 Å². The molecule has 0 saturated carbocycles. The lowest BCUT2D eigenvalue weighted by Crippen LogP contribution is -2.35. The zero-order valence-electron chi connectivity index (χ0n) is 12.5. The summed E-state index contributed by atoms with van der Waals surface area (Å²) in [4.78, 5) is 14.8. The molecule has 1 heterocycles. The molecule has 0 radical (unpaired) electrons. The molecule has 3 heteroatoms. The summed E-state index contributed by atoms with van der Waals surface area (Å²) in [7, 11) is 0. The van der Waals surface area contributed by atoms with E-state index in [0.717, 1.165) is 49.3 Å². The van der Waals surface area contributed by atoms with Gasteiger partial charge in [-0.05, 0) is 62.9 Å². The first-order valence-corrected chi connectivity index (χ1v) is 7.09. The monoisotopic (exact) mass is 260 g/mol. The van der Waals surface area contributed by atoms with Gasteiger partial charge in [-0.25, -0.2) is 0 Å². The zero-order chi connectivity index (χ0) is 14.0. The van der Waals surface area contributed by atoms with Crippen LogP contribution in [0.1, 0.15) is 39.0 Å². The average molecular weight is 260 g/mol. The number of carbonyl (C=O) groups is 1. The van der Waals surface area contributed by atoms with Crippen molar-refractivity contribution in [3.8, 4) is 0 Å². The van der Waals surface area contributed by atoms with Crippen LogP contribution in [0.2, 0.25) is 0 Å². The molecule has 104 valence electrons. The largest absolute Gasteiger partial charge is 0.337 e. The number of amides is 1. The molecule has 0 spiro atoms. The minimum Gasteiger partial charge on any atom is -0.337 e. The van der Waals surface area contributed by atoms with E-state index in [4.69, 9.17) is 0 Å². The maximum Gasteiger partial charge on any atom is 0.254 e. The molecule has 3 nitrogen and oxygen atoms in total. The Balaban J connectivity index is 2.37. The van der Waals surface area contributed by atoms with Crippen LogP contribution in [0.5, 0.6) is 0 Å². The number of rotatable bonds is 1. The van der Waals surface area contributed by atoms with Crippen molar-refractivity contribution in [2.75, 3.05) is 26.2 Å². The van der Waals surface area contributed by atoms with E-state index in [1.54, 1.807) is 0 Å². The van der Waals surface area contributed by atoms with Crippen LogP contribution in [0.15, 0.2) is 6.07 Å². The highest BCUT2D eigenvalue weighted by atomic mass is 16.2. The van der Waals surface area contributed by atoms with E-state index in [9.17, 15) is 4.79 Å². The Kier molecular flexibility index (Phi) is 4.25. The lowest BCUT2D eigenvalue weighted by Gasteiger charge is -2.23. The quantitative estimate of drug-likeness (QED) is 0.840. The van der Waals surface area contributed by atoms with E-state index in [1.807, 2.05) is 4.90 Å². The third kappa shape index (κ3) is 2.81. The van der Waals surface area contributed by atoms with Crippen LogP contribution in [0.4, 0.5) is 0 Å². The summed E-state index contributed by atoms with van der Waals surface area (Å²) < 4.78 is 0. The fourth-order valence-electron chi connectivity index (χ4n) is 2.74. The van der Waals surface area contributed by atoms with Crippen LogP contribution in [-0.2, 0) is 0 Å². The van der Waals surface area contributed by atoms with E-state index in [2.05, 4.69) is 39.1 Å². The van der Waals surface area contributed by atoms with E-state index >= 15 is 0 Å². The van der Waals surface area contributed by atoms with Crippen LogP contribution >= 0.6 is 0 Å².